The number of carboxylic acids is 1. The average molecular weight is 356 g/mol. The highest BCUT2D eigenvalue weighted by molar-refractivity contribution is 7.89. The fourth-order valence-electron chi connectivity index (χ4n) is 2.87. The van der Waals surface area contributed by atoms with E-state index >= 15 is 0 Å². The summed E-state index contributed by atoms with van der Waals surface area (Å²) in [5, 5.41) is 9.19. The number of hydrogen-bond donors (Lipinski definition) is 2. The molecule has 0 amide bonds. The number of ether oxygens (including phenoxy) is 1. The molecule has 1 aliphatic heterocycles. The second-order valence-electron chi connectivity index (χ2n) is 6.01. The number of methoxy groups -OCH3 is 1. The quantitative estimate of drug-likeness (QED) is 0.772. The Bertz CT molecular complexity index is 684. The number of rotatable bonds is 7. The van der Waals surface area contributed by atoms with Gasteiger partial charge in [-0.15, -0.1) is 0 Å². The molecule has 0 aromatic heterocycles. The predicted molar refractivity (Wildman–Crippen MR) is 91.1 cm³/mol. The van der Waals surface area contributed by atoms with Crippen LogP contribution in [-0.4, -0.2) is 52.3 Å². The van der Waals surface area contributed by atoms with Gasteiger partial charge in [0.15, 0.2) is 0 Å². The third kappa shape index (κ3) is 4.46. The smallest absolute Gasteiger partial charge is 0.335 e. The van der Waals surface area contributed by atoms with E-state index in [1.807, 2.05) is 4.90 Å². The number of carbonyl (C=O) groups is 1. The summed E-state index contributed by atoms with van der Waals surface area (Å²) in [6, 6.07) is 3.85. The summed E-state index contributed by atoms with van der Waals surface area (Å²) in [7, 11) is -2.36. The Morgan fingerprint density at radius 2 is 2.00 bits per heavy atom. The Balaban J connectivity index is 2.43. The van der Waals surface area contributed by atoms with Crippen molar-refractivity contribution in [3.8, 4) is 0 Å². The van der Waals surface area contributed by atoms with E-state index in [2.05, 4.69) is 4.72 Å². The molecule has 0 bridgehead atoms. The average Bonchev–Trinajstić information content (AvgIpc) is 2.54. The van der Waals surface area contributed by atoms with E-state index in [4.69, 9.17) is 4.74 Å². The first-order valence-electron chi connectivity index (χ1n) is 7.98. The summed E-state index contributed by atoms with van der Waals surface area (Å²) < 4.78 is 33.0. The first-order chi connectivity index (χ1) is 11.3. The third-order valence-electron chi connectivity index (χ3n) is 3.97. The molecule has 134 valence electrons. The molecule has 7 nitrogen and oxygen atoms in total. The summed E-state index contributed by atoms with van der Waals surface area (Å²) in [6.07, 6.45) is 3.11. The molecule has 1 aliphatic rings. The number of nitrogens with one attached hydrogen (secondary N) is 1. The SMILES string of the molecule is COC[C@H](C)NS(=O)(=O)c1cc(C(=O)O)ccc1N1CCCCC1. The Morgan fingerprint density at radius 1 is 1.33 bits per heavy atom. The van der Waals surface area contributed by atoms with Gasteiger partial charge in [0, 0.05) is 26.2 Å². The van der Waals surface area contributed by atoms with Crippen LogP contribution in [0.3, 0.4) is 0 Å². The predicted octanol–water partition coefficient (Wildman–Crippen LogP) is 1.69. The van der Waals surface area contributed by atoms with Gasteiger partial charge in [0.25, 0.3) is 0 Å². The van der Waals surface area contributed by atoms with Crippen molar-refractivity contribution in [1.29, 1.82) is 0 Å². The van der Waals surface area contributed by atoms with Crippen molar-refractivity contribution in [2.45, 2.75) is 37.1 Å². The molecule has 1 aromatic rings. The molecule has 0 unspecified atom stereocenters. The number of carboxylic acid groups (broad SMARTS) is 1. The Kier molecular flexibility index (Phi) is 6.20. The van der Waals surface area contributed by atoms with Crippen LogP contribution in [0.5, 0.6) is 0 Å². The Labute approximate surface area is 142 Å². The van der Waals surface area contributed by atoms with Crippen LogP contribution in [0.25, 0.3) is 0 Å². The van der Waals surface area contributed by atoms with E-state index in [1.165, 1.54) is 19.2 Å². The van der Waals surface area contributed by atoms with Crippen LogP contribution < -0.4 is 9.62 Å². The first-order valence-corrected chi connectivity index (χ1v) is 9.47. The zero-order valence-corrected chi connectivity index (χ0v) is 14.8. The van der Waals surface area contributed by atoms with E-state index in [1.54, 1.807) is 13.0 Å². The highest BCUT2D eigenvalue weighted by Gasteiger charge is 2.26. The van der Waals surface area contributed by atoms with E-state index in [9.17, 15) is 18.3 Å². The molecule has 1 atom stereocenters. The van der Waals surface area contributed by atoms with E-state index in [0.717, 1.165) is 32.4 Å². The van der Waals surface area contributed by atoms with Crippen molar-refractivity contribution < 1.29 is 23.1 Å². The van der Waals surface area contributed by atoms with Gasteiger partial charge in [0.05, 0.1) is 17.9 Å². The number of sulfonamides is 1. The highest BCUT2D eigenvalue weighted by atomic mass is 32.2. The molecule has 2 rings (SSSR count). The van der Waals surface area contributed by atoms with Crippen molar-refractivity contribution in [2.75, 3.05) is 31.7 Å². The van der Waals surface area contributed by atoms with Gasteiger partial charge in [-0.3, -0.25) is 0 Å². The van der Waals surface area contributed by atoms with Crippen molar-refractivity contribution in [3.05, 3.63) is 23.8 Å². The summed E-state index contributed by atoms with van der Waals surface area (Å²) in [5.41, 5.74) is 0.507. The lowest BCUT2D eigenvalue weighted by Crippen LogP contribution is -2.37. The number of hydrogen-bond acceptors (Lipinski definition) is 5. The zero-order valence-electron chi connectivity index (χ0n) is 14.0. The highest BCUT2D eigenvalue weighted by Crippen LogP contribution is 2.29. The molecule has 2 N–H and O–H groups in total. The van der Waals surface area contributed by atoms with Crippen molar-refractivity contribution in [1.82, 2.24) is 4.72 Å². The number of nitrogens with zero attached hydrogens (tertiary/aromatic N) is 1. The summed E-state index contributed by atoms with van der Waals surface area (Å²) in [6.45, 7) is 3.46. The number of aromatic carboxylic acids is 1. The minimum Gasteiger partial charge on any atom is -0.478 e. The Hall–Kier alpha value is -1.64. The van der Waals surface area contributed by atoms with Crippen LogP contribution in [-0.2, 0) is 14.8 Å². The summed E-state index contributed by atoms with van der Waals surface area (Å²) >= 11 is 0. The number of benzene rings is 1. The van der Waals surface area contributed by atoms with Crippen molar-refractivity contribution in [2.24, 2.45) is 0 Å². The molecule has 0 radical (unpaired) electrons. The lowest BCUT2D eigenvalue weighted by molar-refractivity contribution is 0.0696. The molecule has 1 fully saturated rings. The van der Waals surface area contributed by atoms with E-state index in [0.29, 0.717) is 5.69 Å². The van der Waals surface area contributed by atoms with Crippen LogP contribution in [0.15, 0.2) is 23.1 Å². The fraction of sp³-hybridized carbons (Fsp3) is 0.562. The third-order valence-corrected chi connectivity index (χ3v) is 5.58. The first kappa shape index (κ1) is 18.7. The van der Waals surface area contributed by atoms with E-state index < -0.39 is 22.0 Å². The molecule has 1 heterocycles. The van der Waals surface area contributed by atoms with Gasteiger partial charge in [-0.25, -0.2) is 17.9 Å². The molecule has 0 aliphatic carbocycles. The maximum absolute atomic E-state index is 12.8. The second kappa shape index (κ2) is 7.96. The second-order valence-corrected chi connectivity index (χ2v) is 7.70. The Morgan fingerprint density at radius 3 is 2.58 bits per heavy atom. The van der Waals surface area contributed by atoms with Gasteiger partial charge in [-0.1, -0.05) is 0 Å². The van der Waals surface area contributed by atoms with Gasteiger partial charge >= 0.3 is 5.97 Å². The zero-order chi connectivity index (χ0) is 17.7. The maximum Gasteiger partial charge on any atom is 0.335 e. The molecule has 1 saturated heterocycles. The molecule has 0 spiro atoms. The minimum absolute atomic E-state index is 0.00672. The van der Waals surface area contributed by atoms with Gasteiger partial charge in [-0.2, -0.15) is 0 Å². The lowest BCUT2D eigenvalue weighted by Gasteiger charge is -2.30. The van der Waals surface area contributed by atoms with Crippen LogP contribution in [0.1, 0.15) is 36.5 Å². The standard InChI is InChI=1S/C16H24N2O5S/c1-12(11-23-2)17-24(21,22)15-10-13(16(19)20)6-7-14(15)18-8-4-3-5-9-18/h6-7,10,12,17H,3-5,8-9,11H2,1-2H3,(H,19,20)/t12-/m0/s1. The van der Waals surface area contributed by atoms with Crippen LogP contribution in [0.2, 0.25) is 0 Å². The lowest BCUT2D eigenvalue weighted by atomic mass is 10.1. The fourth-order valence-corrected chi connectivity index (χ4v) is 4.35. The van der Waals surface area contributed by atoms with Crippen molar-refractivity contribution >= 4 is 21.7 Å². The normalized spacial score (nSPS) is 16.8. The van der Waals surface area contributed by atoms with Crippen LogP contribution in [0, 0.1) is 0 Å². The molecule has 0 saturated carbocycles. The molecule has 24 heavy (non-hydrogen) atoms. The van der Waals surface area contributed by atoms with Crippen LogP contribution in [0.4, 0.5) is 5.69 Å². The number of anilines is 1. The minimum atomic E-state index is -3.85. The largest absolute Gasteiger partial charge is 0.478 e. The van der Waals surface area contributed by atoms with Gasteiger partial charge in [0.1, 0.15) is 4.90 Å². The van der Waals surface area contributed by atoms with E-state index in [-0.39, 0.29) is 17.1 Å². The van der Waals surface area contributed by atoms with Gasteiger partial charge < -0.3 is 14.7 Å². The van der Waals surface area contributed by atoms with Crippen molar-refractivity contribution in [3.63, 3.8) is 0 Å². The topological polar surface area (TPSA) is 95.9 Å². The maximum atomic E-state index is 12.8. The van der Waals surface area contributed by atoms with Gasteiger partial charge in [-0.05, 0) is 44.4 Å². The number of piperidine rings is 1. The molecular weight excluding hydrogens is 332 g/mol. The summed E-state index contributed by atoms with van der Waals surface area (Å²) in [4.78, 5) is 13.3. The summed E-state index contributed by atoms with van der Waals surface area (Å²) in [5.74, 6) is -1.15. The monoisotopic (exact) mass is 356 g/mol. The van der Waals surface area contributed by atoms with Crippen LogP contribution >= 0.6 is 0 Å². The molecular formula is C16H24N2O5S. The van der Waals surface area contributed by atoms with Gasteiger partial charge in [0.2, 0.25) is 10.0 Å². The molecule has 8 heteroatoms. The molecule has 1 aromatic carbocycles.